The van der Waals surface area contributed by atoms with Crippen LogP contribution in [0.3, 0.4) is 0 Å². The Morgan fingerprint density at radius 1 is 1.56 bits per heavy atom. The van der Waals surface area contributed by atoms with E-state index in [1.165, 1.54) is 12.8 Å². The van der Waals surface area contributed by atoms with Gasteiger partial charge in [0.1, 0.15) is 5.02 Å². The quantitative estimate of drug-likeness (QED) is 0.769. The summed E-state index contributed by atoms with van der Waals surface area (Å²) in [6.07, 6.45) is 4.25. The first-order valence-corrected chi connectivity index (χ1v) is 6.57. The van der Waals surface area contributed by atoms with E-state index in [-0.39, 0.29) is 0 Å². The summed E-state index contributed by atoms with van der Waals surface area (Å²) in [4.78, 5) is 10.4. The first-order chi connectivity index (χ1) is 8.70. The van der Waals surface area contributed by atoms with Crippen LogP contribution < -0.4 is 10.2 Å². The average Bonchev–Trinajstić information content (AvgIpc) is 3.19. The zero-order valence-electron chi connectivity index (χ0n) is 10.8. The molecule has 0 aromatic carbocycles. The molecule has 1 aromatic rings. The van der Waals surface area contributed by atoms with Crippen molar-refractivity contribution in [1.82, 2.24) is 9.97 Å². The highest BCUT2D eigenvalue weighted by Crippen LogP contribution is 2.28. The molecule has 2 rings (SSSR count). The SMILES string of the molecule is CNc1ncc(Cl)c(N(C)CCOCC2CC2)n1. The van der Waals surface area contributed by atoms with E-state index in [2.05, 4.69) is 15.3 Å². The number of ether oxygens (including phenoxy) is 1. The van der Waals surface area contributed by atoms with E-state index >= 15 is 0 Å². The van der Waals surface area contributed by atoms with E-state index in [4.69, 9.17) is 16.3 Å². The fraction of sp³-hybridized carbons (Fsp3) is 0.667. The summed E-state index contributed by atoms with van der Waals surface area (Å²) in [5.74, 6) is 2.10. The van der Waals surface area contributed by atoms with Crippen LogP contribution in [0.25, 0.3) is 0 Å². The lowest BCUT2D eigenvalue weighted by Gasteiger charge is -2.19. The lowest BCUT2D eigenvalue weighted by Crippen LogP contribution is -2.24. The normalized spacial score (nSPS) is 14.6. The third kappa shape index (κ3) is 3.71. The summed E-state index contributed by atoms with van der Waals surface area (Å²) in [5.41, 5.74) is 0. The molecule has 1 aromatic heterocycles. The number of nitrogens with one attached hydrogen (secondary N) is 1. The van der Waals surface area contributed by atoms with Gasteiger partial charge in [0.2, 0.25) is 5.95 Å². The molecule has 1 heterocycles. The number of hydrogen-bond donors (Lipinski definition) is 1. The number of halogens is 1. The summed E-state index contributed by atoms with van der Waals surface area (Å²) in [5, 5.41) is 3.46. The standard InChI is InChI=1S/C12H19ClN4O/c1-14-12-15-7-10(13)11(16-12)17(2)5-6-18-8-9-3-4-9/h7,9H,3-6,8H2,1-2H3,(H,14,15,16). The Morgan fingerprint density at radius 2 is 2.33 bits per heavy atom. The molecular formula is C12H19ClN4O. The Bertz CT molecular complexity index is 398. The second-order valence-corrected chi connectivity index (χ2v) is 4.96. The number of hydrogen-bond acceptors (Lipinski definition) is 5. The van der Waals surface area contributed by atoms with Crippen LogP contribution in [-0.4, -0.2) is 43.8 Å². The van der Waals surface area contributed by atoms with Crippen molar-refractivity contribution in [3.63, 3.8) is 0 Å². The predicted molar refractivity (Wildman–Crippen MR) is 73.4 cm³/mol. The molecule has 6 heteroatoms. The predicted octanol–water partition coefficient (Wildman–Crippen LogP) is 2.03. The Kier molecular flexibility index (Phi) is 4.60. The molecule has 1 saturated carbocycles. The third-order valence-corrected chi connectivity index (χ3v) is 3.20. The topological polar surface area (TPSA) is 50.3 Å². The van der Waals surface area contributed by atoms with E-state index in [9.17, 15) is 0 Å². The van der Waals surface area contributed by atoms with Gasteiger partial charge in [0.05, 0.1) is 12.8 Å². The summed E-state index contributed by atoms with van der Waals surface area (Å²) in [6.45, 7) is 2.35. The average molecular weight is 271 g/mol. The van der Waals surface area contributed by atoms with Crippen molar-refractivity contribution in [3.8, 4) is 0 Å². The van der Waals surface area contributed by atoms with Gasteiger partial charge >= 0.3 is 0 Å². The molecule has 0 radical (unpaired) electrons. The monoisotopic (exact) mass is 270 g/mol. The van der Waals surface area contributed by atoms with Crippen molar-refractivity contribution in [3.05, 3.63) is 11.2 Å². The molecular weight excluding hydrogens is 252 g/mol. The Labute approximate surface area is 113 Å². The maximum atomic E-state index is 6.09. The minimum absolute atomic E-state index is 0.554. The lowest BCUT2D eigenvalue weighted by molar-refractivity contribution is 0.131. The third-order valence-electron chi connectivity index (χ3n) is 2.93. The minimum atomic E-state index is 0.554. The fourth-order valence-corrected chi connectivity index (χ4v) is 1.82. The molecule has 0 atom stereocenters. The number of aromatic nitrogens is 2. The molecule has 1 aliphatic rings. The van der Waals surface area contributed by atoms with Crippen LogP contribution in [0.15, 0.2) is 6.20 Å². The zero-order valence-corrected chi connectivity index (χ0v) is 11.6. The molecule has 100 valence electrons. The first-order valence-electron chi connectivity index (χ1n) is 6.20. The van der Waals surface area contributed by atoms with Gasteiger partial charge in [0.15, 0.2) is 5.82 Å². The molecule has 18 heavy (non-hydrogen) atoms. The van der Waals surface area contributed by atoms with Crippen molar-refractivity contribution in [2.24, 2.45) is 5.92 Å². The van der Waals surface area contributed by atoms with Gasteiger partial charge in [-0.15, -0.1) is 0 Å². The molecule has 1 aliphatic carbocycles. The van der Waals surface area contributed by atoms with Gasteiger partial charge in [-0.2, -0.15) is 4.98 Å². The summed E-state index contributed by atoms with van der Waals surface area (Å²) >= 11 is 6.09. The van der Waals surface area contributed by atoms with Crippen LogP contribution in [0.1, 0.15) is 12.8 Å². The van der Waals surface area contributed by atoms with Crippen LogP contribution in [-0.2, 0) is 4.74 Å². The number of rotatable bonds is 7. The van der Waals surface area contributed by atoms with E-state index in [1.807, 2.05) is 11.9 Å². The van der Waals surface area contributed by atoms with Crippen molar-refractivity contribution in [1.29, 1.82) is 0 Å². The molecule has 0 unspecified atom stereocenters. The Hall–Kier alpha value is -1.07. The maximum Gasteiger partial charge on any atom is 0.224 e. The molecule has 0 saturated heterocycles. The van der Waals surface area contributed by atoms with Crippen LogP contribution in [0.2, 0.25) is 5.02 Å². The van der Waals surface area contributed by atoms with E-state index in [0.717, 1.165) is 24.9 Å². The highest BCUT2D eigenvalue weighted by Gasteiger charge is 2.21. The van der Waals surface area contributed by atoms with Gasteiger partial charge in [0, 0.05) is 27.2 Å². The zero-order chi connectivity index (χ0) is 13.0. The lowest BCUT2D eigenvalue weighted by atomic mass is 10.4. The minimum Gasteiger partial charge on any atom is -0.379 e. The van der Waals surface area contributed by atoms with Crippen molar-refractivity contribution >= 4 is 23.4 Å². The van der Waals surface area contributed by atoms with Crippen LogP contribution >= 0.6 is 11.6 Å². The van der Waals surface area contributed by atoms with E-state index < -0.39 is 0 Å². The smallest absolute Gasteiger partial charge is 0.224 e. The summed E-state index contributed by atoms with van der Waals surface area (Å²) < 4.78 is 5.60. The van der Waals surface area contributed by atoms with Gasteiger partial charge < -0.3 is 15.0 Å². The number of likely N-dealkylation sites (N-methyl/N-ethyl adjacent to an activating group) is 1. The second kappa shape index (κ2) is 6.20. The van der Waals surface area contributed by atoms with Gasteiger partial charge in [-0.25, -0.2) is 4.98 Å². The molecule has 0 aliphatic heterocycles. The molecule has 0 bridgehead atoms. The summed E-state index contributed by atoms with van der Waals surface area (Å²) in [7, 11) is 3.74. The fourth-order valence-electron chi connectivity index (χ4n) is 1.59. The molecule has 5 nitrogen and oxygen atoms in total. The molecule has 0 amide bonds. The van der Waals surface area contributed by atoms with E-state index in [1.54, 1.807) is 13.2 Å². The Balaban J connectivity index is 1.84. The highest BCUT2D eigenvalue weighted by molar-refractivity contribution is 6.32. The van der Waals surface area contributed by atoms with Crippen molar-refractivity contribution < 1.29 is 4.74 Å². The number of anilines is 2. The van der Waals surface area contributed by atoms with Crippen molar-refractivity contribution in [2.45, 2.75) is 12.8 Å². The van der Waals surface area contributed by atoms with Gasteiger partial charge in [-0.3, -0.25) is 0 Å². The van der Waals surface area contributed by atoms with Gasteiger partial charge in [-0.05, 0) is 18.8 Å². The highest BCUT2D eigenvalue weighted by atomic mass is 35.5. The molecule has 1 fully saturated rings. The first kappa shape index (κ1) is 13.4. The van der Waals surface area contributed by atoms with Gasteiger partial charge in [0.25, 0.3) is 0 Å². The molecule has 1 N–H and O–H groups in total. The maximum absolute atomic E-state index is 6.09. The van der Waals surface area contributed by atoms with Crippen LogP contribution in [0, 0.1) is 5.92 Å². The number of nitrogens with zero attached hydrogens (tertiary/aromatic N) is 3. The summed E-state index contributed by atoms with van der Waals surface area (Å²) in [6, 6.07) is 0. The Morgan fingerprint density at radius 3 is 3.00 bits per heavy atom. The van der Waals surface area contributed by atoms with Crippen molar-refractivity contribution in [2.75, 3.05) is 44.1 Å². The van der Waals surface area contributed by atoms with E-state index in [0.29, 0.717) is 17.6 Å². The largest absolute Gasteiger partial charge is 0.379 e. The van der Waals surface area contributed by atoms with Crippen LogP contribution in [0.4, 0.5) is 11.8 Å². The van der Waals surface area contributed by atoms with Crippen LogP contribution in [0.5, 0.6) is 0 Å². The second-order valence-electron chi connectivity index (χ2n) is 4.55. The molecule has 0 spiro atoms. The van der Waals surface area contributed by atoms with Gasteiger partial charge in [-0.1, -0.05) is 11.6 Å².